The molecule has 2 amide bonds. The van der Waals surface area contributed by atoms with Gasteiger partial charge < -0.3 is 19.7 Å². The monoisotopic (exact) mass is 456 g/mol. The van der Waals surface area contributed by atoms with E-state index in [-0.39, 0.29) is 18.2 Å². The number of anilines is 1. The predicted octanol–water partition coefficient (Wildman–Crippen LogP) is 3.71. The molecular weight excluding hydrogens is 432 g/mol. The van der Waals surface area contributed by atoms with Crippen LogP contribution in [0.3, 0.4) is 0 Å². The normalized spacial score (nSPS) is 19.1. The van der Waals surface area contributed by atoms with Crippen molar-refractivity contribution in [1.29, 1.82) is 0 Å². The summed E-state index contributed by atoms with van der Waals surface area (Å²) < 4.78 is 13.0. The number of hydrogen-bond acceptors (Lipinski definition) is 6. The van der Waals surface area contributed by atoms with Gasteiger partial charge in [0.05, 0.1) is 42.8 Å². The first-order chi connectivity index (χ1) is 16.6. The zero-order valence-corrected chi connectivity index (χ0v) is 18.9. The number of fused-ring (bicyclic) bond motifs is 2. The fourth-order valence-corrected chi connectivity index (χ4v) is 4.61. The summed E-state index contributed by atoms with van der Waals surface area (Å²) in [6, 6.07) is 13.7. The third kappa shape index (κ3) is 3.54. The number of rotatable bonds is 4. The fourth-order valence-electron chi connectivity index (χ4n) is 4.61. The molecule has 4 aromatic rings. The molecule has 9 heteroatoms. The number of nitrogens with zero attached hydrogens (tertiary/aromatic N) is 5. The van der Waals surface area contributed by atoms with Crippen LogP contribution < -0.4 is 10.1 Å². The number of morpholine rings is 1. The summed E-state index contributed by atoms with van der Waals surface area (Å²) in [7, 11) is 3.47. The first kappa shape index (κ1) is 20.6. The third-order valence-electron chi connectivity index (χ3n) is 6.35. The lowest BCUT2D eigenvalue weighted by Gasteiger charge is -2.27. The molecule has 3 heterocycles. The Balaban J connectivity index is 1.43. The van der Waals surface area contributed by atoms with Crippen molar-refractivity contribution >= 4 is 22.6 Å². The first-order valence-electron chi connectivity index (χ1n) is 11.2. The summed E-state index contributed by atoms with van der Waals surface area (Å²) in [4.78, 5) is 24.0. The van der Waals surface area contributed by atoms with Crippen LogP contribution in [0.4, 0.5) is 10.5 Å². The van der Waals surface area contributed by atoms with Crippen LogP contribution in [0.2, 0.25) is 0 Å². The molecule has 1 aliphatic heterocycles. The SMILES string of the molecule is COc1cc2ncnc(-c3cn(C)nc3-c3ccccc3)c2cc1NC(=O)N1CCO[C@@H]2C[C@@H]21. The van der Waals surface area contributed by atoms with Crippen LogP contribution in [-0.4, -0.2) is 63.1 Å². The molecular formula is C25H24N6O3. The highest BCUT2D eigenvalue weighted by molar-refractivity contribution is 6.01. The van der Waals surface area contributed by atoms with Crippen LogP contribution in [0, 0.1) is 0 Å². The molecule has 1 aliphatic carbocycles. The second-order valence-corrected chi connectivity index (χ2v) is 8.56. The van der Waals surface area contributed by atoms with Gasteiger partial charge in [0.15, 0.2) is 0 Å². The minimum atomic E-state index is -0.154. The lowest BCUT2D eigenvalue weighted by molar-refractivity contribution is 0.0483. The van der Waals surface area contributed by atoms with Gasteiger partial charge in [-0.25, -0.2) is 14.8 Å². The molecule has 2 fully saturated rings. The zero-order chi connectivity index (χ0) is 23.2. The maximum Gasteiger partial charge on any atom is 0.322 e. The number of methoxy groups -OCH3 is 1. The van der Waals surface area contributed by atoms with Gasteiger partial charge >= 0.3 is 6.03 Å². The number of aromatic nitrogens is 4. The van der Waals surface area contributed by atoms with E-state index >= 15 is 0 Å². The molecule has 0 spiro atoms. The van der Waals surface area contributed by atoms with E-state index in [0.29, 0.717) is 24.6 Å². The summed E-state index contributed by atoms with van der Waals surface area (Å²) >= 11 is 0. The van der Waals surface area contributed by atoms with Crippen molar-refractivity contribution in [2.75, 3.05) is 25.6 Å². The quantitative estimate of drug-likeness (QED) is 0.503. The largest absolute Gasteiger partial charge is 0.494 e. The highest BCUT2D eigenvalue weighted by atomic mass is 16.5. The Morgan fingerprint density at radius 3 is 2.85 bits per heavy atom. The summed E-state index contributed by atoms with van der Waals surface area (Å²) in [6.07, 6.45) is 4.55. The van der Waals surface area contributed by atoms with Crippen LogP contribution in [0.15, 0.2) is 55.0 Å². The standard InChI is InChI=1S/C25H24N6O3/c1-30-13-17(23(29-30)15-6-4-3-5-7-15)24-16-10-19(21(33-2)11-18(16)26-14-27-24)28-25(32)31-8-9-34-22-12-20(22)31/h3-7,10-11,13-14,20,22H,8-9,12H2,1-2H3,(H,28,32)/t20-,22+/m0/s1. The van der Waals surface area contributed by atoms with Gasteiger partial charge in [-0.15, -0.1) is 0 Å². The van der Waals surface area contributed by atoms with Gasteiger partial charge in [0.2, 0.25) is 0 Å². The number of hydrogen-bond donors (Lipinski definition) is 1. The van der Waals surface area contributed by atoms with E-state index in [1.807, 2.05) is 60.6 Å². The molecule has 9 nitrogen and oxygen atoms in total. The molecule has 1 saturated carbocycles. The third-order valence-corrected chi connectivity index (χ3v) is 6.35. The van der Waals surface area contributed by atoms with E-state index in [1.54, 1.807) is 11.8 Å². The summed E-state index contributed by atoms with van der Waals surface area (Å²) in [5.41, 5.74) is 4.75. The van der Waals surface area contributed by atoms with Crippen molar-refractivity contribution < 1.29 is 14.3 Å². The van der Waals surface area contributed by atoms with E-state index in [2.05, 4.69) is 20.4 Å². The van der Waals surface area contributed by atoms with Crippen molar-refractivity contribution in [2.45, 2.75) is 18.6 Å². The van der Waals surface area contributed by atoms with Gasteiger partial charge in [-0.1, -0.05) is 30.3 Å². The number of benzene rings is 2. The van der Waals surface area contributed by atoms with E-state index in [0.717, 1.165) is 39.8 Å². The van der Waals surface area contributed by atoms with Gasteiger partial charge in [0.25, 0.3) is 0 Å². The Morgan fingerprint density at radius 1 is 1.18 bits per heavy atom. The Morgan fingerprint density at radius 2 is 2.03 bits per heavy atom. The van der Waals surface area contributed by atoms with Crippen LogP contribution in [0.1, 0.15) is 6.42 Å². The zero-order valence-electron chi connectivity index (χ0n) is 18.9. The Kier molecular flexibility index (Phi) is 4.91. The Bertz CT molecular complexity index is 1390. The number of nitrogens with one attached hydrogen (secondary N) is 1. The van der Waals surface area contributed by atoms with Gasteiger partial charge in [-0.2, -0.15) is 5.10 Å². The lowest BCUT2D eigenvalue weighted by atomic mass is 10.0. The first-order valence-corrected chi connectivity index (χ1v) is 11.2. The van der Waals surface area contributed by atoms with E-state index in [4.69, 9.17) is 9.47 Å². The van der Waals surface area contributed by atoms with E-state index in [9.17, 15) is 4.79 Å². The average Bonchev–Trinajstić information content (AvgIpc) is 3.56. The average molecular weight is 457 g/mol. The van der Waals surface area contributed by atoms with Crippen molar-refractivity contribution in [3.8, 4) is 28.3 Å². The maximum atomic E-state index is 13.1. The number of amides is 2. The van der Waals surface area contributed by atoms with Crippen molar-refractivity contribution in [3.63, 3.8) is 0 Å². The van der Waals surface area contributed by atoms with E-state index < -0.39 is 0 Å². The minimum Gasteiger partial charge on any atom is -0.494 e. The van der Waals surface area contributed by atoms with Crippen molar-refractivity contribution in [3.05, 3.63) is 55.0 Å². The summed E-state index contributed by atoms with van der Waals surface area (Å²) in [5, 5.41) is 8.53. The Hall–Kier alpha value is -3.98. The smallest absolute Gasteiger partial charge is 0.322 e. The second-order valence-electron chi connectivity index (χ2n) is 8.56. The van der Waals surface area contributed by atoms with Crippen LogP contribution in [0.5, 0.6) is 5.75 Å². The maximum absolute atomic E-state index is 13.1. The second kappa shape index (κ2) is 8.11. The molecule has 1 saturated heterocycles. The number of urea groups is 1. The number of carbonyl (C=O) groups is 1. The Labute approximate surface area is 196 Å². The molecule has 172 valence electrons. The molecule has 2 atom stereocenters. The minimum absolute atomic E-state index is 0.154. The van der Waals surface area contributed by atoms with E-state index in [1.165, 1.54) is 6.33 Å². The molecule has 0 bridgehead atoms. The molecule has 6 rings (SSSR count). The molecule has 2 aromatic heterocycles. The number of ether oxygens (including phenoxy) is 2. The molecule has 34 heavy (non-hydrogen) atoms. The molecule has 1 N–H and O–H groups in total. The molecule has 2 aromatic carbocycles. The fraction of sp³-hybridized carbons (Fsp3) is 0.280. The van der Waals surface area contributed by atoms with Gasteiger partial charge in [-0.05, 0) is 12.5 Å². The van der Waals surface area contributed by atoms with Crippen LogP contribution in [-0.2, 0) is 11.8 Å². The predicted molar refractivity (Wildman–Crippen MR) is 128 cm³/mol. The van der Waals surface area contributed by atoms with Crippen LogP contribution in [0.25, 0.3) is 33.4 Å². The summed E-state index contributed by atoms with van der Waals surface area (Å²) in [5.74, 6) is 0.542. The van der Waals surface area contributed by atoms with Gasteiger partial charge in [-0.3, -0.25) is 4.68 Å². The highest BCUT2D eigenvalue weighted by Gasteiger charge is 2.47. The lowest BCUT2D eigenvalue weighted by Crippen LogP contribution is -2.43. The van der Waals surface area contributed by atoms with Gasteiger partial charge in [0.1, 0.15) is 17.8 Å². The van der Waals surface area contributed by atoms with Crippen molar-refractivity contribution in [2.24, 2.45) is 7.05 Å². The van der Waals surface area contributed by atoms with Crippen LogP contribution >= 0.6 is 0 Å². The topological polar surface area (TPSA) is 94.4 Å². The molecule has 2 aliphatic rings. The molecule has 0 unspecified atom stereocenters. The van der Waals surface area contributed by atoms with Gasteiger partial charge in [0, 0.05) is 42.4 Å². The number of aryl methyl sites for hydroxylation is 1. The molecule has 0 radical (unpaired) electrons. The summed E-state index contributed by atoms with van der Waals surface area (Å²) in [6.45, 7) is 1.14. The highest BCUT2D eigenvalue weighted by Crippen LogP contribution is 2.38. The number of carbonyl (C=O) groups excluding carboxylic acids is 1. The van der Waals surface area contributed by atoms with Crippen molar-refractivity contribution in [1.82, 2.24) is 24.6 Å².